The number of urea groups is 1. The summed E-state index contributed by atoms with van der Waals surface area (Å²) in [5.74, 6) is -0.624. The lowest BCUT2D eigenvalue weighted by Crippen LogP contribution is -2.34. The molecule has 2 N–H and O–H groups in total. The van der Waals surface area contributed by atoms with Gasteiger partial charge in [-0.15, -0.1) is 0 Å². The Labute approximate surface area is 70.8 Å². The Morgan fingerprint density at radius 3 is 2.50 bits per heavy atom. The summed E-state index contributed by atoms with van der Waals surface area (Å²) in [6, 6.07) is -0.493. The number of ether oxygens (including phenoxy) is 1. The first kappa shape index (κ1) is 10.5. The fraction of sp³-hybridized carbons (Fsp3) is 0.429. The topological polar surface area (TPSA) is 67.4 Å². The molecule has 0 aromatic rings. The van der Waals surface area contributed by atoms with Gasteiger partial charge in [-0.05, 0) is 6.92 Å². The normalized spacial score (nSPS) is 8.50. The summed E-state index contributed by atoms with van der Waals surface area (Å²) >= 11 is 0. The van der Waals surface area contributed by atoms with Gasteiger partial charge in [0, 0.05) is 7.05 Å². The molecule has 0 aliphatic carbocycles. The van der Waals surface area contributed by atoms with Gasteiger partial charge < -0.3 is 15.4 Å². The van der Waals surface area contributed by atoms with E-state index in [1.54, 1.807) is 6.92 Å². The Hall–Kier alpha value is -1.52. The van der Waals surface area contributed by atoms with Crippen molar-refractivity contribution in [3.63, 3.8) is 0 Å². The highest BCUT2D eigenvalue weighted by atomic mass is 16.5. The van der Waals surface area contributed by atoms with E-state index in [0.29, 0.717) is 0 Å². The molecular weight excluding hydrogens is 160 g/mol. The molecule has 0 aromatic heterocycles. The zero-order chi connectivity index (χ0) is 9.56. The summed E-state index contributed by atoms with van der Waals surface area (Å²) < 4.78 is 4.57. The van der Waals surface area contributed by atoms with Crippen molar-refractivity contribution in [2.75, 3.05) is 13.7 Å². The van der Waals surface area contributed by atoms with Crippen LogP contribution in [0.5, 0.6) is 0 Å². The van der Waals surface area contributed by atoms with E-state index >= 15 is 0 Å². The van der Waals surface area contributed by atoms with E-state index in [4.69, 9.17) is 0 Å². The Morgan fingerprint density at radius 1 is 1.50 bits per heavy atom. The van der Waals surface area contributed by atoms with Crippen LogP contribution < -0.4 is 10.6 Å². The van der Waals surface area contributed by atoms with Gasteiger partial charge in [0.25, 0.3) is 0 Å². The van der Waals surface area contributed by atoms with Crippen molar-refractivity contribution in [3.8, 4) is 0 Å². The fourth-order valence-corrected chi connectivity index (χ4v) is 0.469. The molecule has 68 valence electrons. The lowest BCUT2D eigenvalue weighted by molar-refractivity contribution is -0.138. The minimum Gasteiger partial charge on any atom is -0.461 e. The second kappa shape index (κ2) is 5.17. The Morgan fingerprint density at radius 2 is 2.08 bits per heavy atom. The van der Waals surface area contributed by atoms with Crippen molar-refractivity contribution in [2.24, 2.45) is 0 Å². The number of hydrogen-bond acceptors (Lipinski definition) is 3. The first-order chi connectivity index (χ1) is 5.61. The summed E-state index contributed by atoms with van der Waals surface area (Å²) in [7, 11) is 1.44. The molecule has 2 amide bonds. The summed E-state index contributed by atoms with van der Waals surface area (Å²) in [6.07, 6.45) is 0. The number of hydrogen-bond donors (Lipinski definition) is 2. The molecule has 0 unspecified atom stereocenters. The molecule has 0 heterocycles. The number of esters is 1. The molecule has 0 fully saturated rings. The number of carbonyl (C=O) groups excluding carboxylic acids is 2. The average Bonchev–Trinajstić information content (AvgIpc) is 2.04. The summed E-state index contributed by atoms with van der Waals surface area (Å²) in [5.41, 5.74) is -0.0730. The molecule has 12 heavy (non-hydrogen) atoms. The molecule has 0 saturated heterocycles. The molecule has 0 radical (unpaired) electrons. The van der Waals surface area contributed by atoms with Crippen LogP contribution >= 0.6 is 0 Å². The van der Waals surface area contributed by atoms with Crippen molar-refractivity contribution in [3.05, 3.63) is 12.3 Å². The number of carbonyl (C=O) groups is 2. The predicted octanol–water partition coefficient (Wildman–Crippen LogP) is -0.00780. The van der Waals surface area contributed by atoms with E-state index in [2.05, 4.69) is 21.9 Å². The van der Waals surface area contributed by atoms with E-state index < -0.39 is 12.0 Å². The van der Waals surface area contributed by atoms with Gasteiger partial charge >= 0.3 is 12.0 Å². The van der Waals surface area contributed by atoms with Gasteiger partial charge in [0.2, 0.25) is 0 Å². The van der Waals surface area contributed by atoms with Gasteiger partial charge in [-0.2, -0.15) is 0 Å². The highest BCUT2D eigenvalue weighted by Crippen LogP contribution is 1.88. The molecule has 0 rings (SSSR count). The van der Waals surface area contributed by atoms with Crippen molar-refractivity contribution >= 4 is 12.0 Å². The third-order valence-corrected chi connectivity index (χ3v) is 1.01. The number of rotatable bonds is 3. The van der Waals surface area contributed by atoms with Crippen LogP contribution in [0.1, 0.15) is 6.92 Å². The van der Waals surface area contributed by atoms with Gasteiger partial charge in [0.1, 0.15) is 5.70 Å². The third kappa shape index (κ3) is 3.60. The largest absolute Gasteiger partial charge is 0.461 e. The van der Waals surface area contributed by atoms with Crippen LogP contribution in [0, 0.1) is 0 Å². The zero-order valence-electron chi connectivity index (χ0n) is 7.14. The van der Waals surface area contributed by atoms with Crippen molar-refractivity contribution < 1.29 is 14.3 Å². The quantitative estimate of drug-likeness (QED) is 0.465. The maximum Gasteiger partial charge on any atom is 0.354 e. The fourth-order valence-electron chi connectivity index (χ4n) is 0.469. The Bertz CT molecular complexity index is 201. The van der Waals surface area contributed by atoms with E-state index in [9.17, 15) is 9.59 Å². The monoisotopic (exact) mass is 172 g/mol. The van der Waals surface area contributed by atoms with Crippen LogP contribution in [0.25, 0.3) is 0 Å². The van der Waals surface area contributed by atoms with E-state index in [1.807, 2.05) is 0 Å². The zero-order valence-corrected chi connectivity index (χ0v) is 7.14. The second-order valence-corrected chi connectivity index (χ2v) is 1.90. The van der Waals surface area contributed by atoms with Crippen LogP contribution in [-0.4, -0.2) is 25.7 Å². The summed E-state index contributed by atoms with van der Waals surface area (Å²) in [6.45, 7) is 5.24. The van der Waals surface area contributed by atoms with E-state index in [1.165, 1.54) is 7.05 Å². The first-order valence-electron chi connectivity index (χ1n) is 3.46. The molecule has 0 aliphatic heterocycles. The highest BCUT2D eigenvalue weighted by Gasteiger charge is 2.09. The Balaban J connectivity index is 3.87. The van der Waals surface area contributed by atoms with Crippen molar-refractivity contribution in [2.45, 2.75) is 6.92 Å². The highest BCUT2D eigenvalue weighted by molar-refractivity contribution is 5.92. The molecule has 0 spiro atoms. The number of amides is 2. The van der Waals surface area contributed by atoms with Crippen molar-refractivity contribution in [1.82, 2.24) is 10.6 Å². The maximum atomic E-state index is 10.8. The van der Waals surface area contributed by atoms with Gasteiger partial charge in [-0.25, -0.2) is 9.59 Å². The van der Waals surface area contributed by atoms with Crippen LogP contribution in [0.2, 0.25) is 0 Å². The van der Waals surface area contributed by atoms with Crippen LogP contribution in [0.4, 0.5) is 4.79 Å². The van der Waals surface area contributed by atoms with Crippen molar-refractivity contribution in [1.29, 1.82) is 0 Å². The van der Waals surface area contributed by atoms with Gasteiger partial charge in [-0.1, -0.05) is 6.58 Å². The second-order valence-electron chi connectivity index (χ2n) is 1.90. The standard InChI is InChI=1S/C7H12N2O3/c1-4-12-6(10)5(2)9-7(11)8-3/h2,4H2,1,3H3,(H2,8,9,11). The maximum absolute atomic E-state index is 10.8. The van der Waals surface area contributed by atoms with Crippen LogP contribution in [-0.2, 0) is 9.53 Å². The summed E-state index contributed by atoms with van der Waals surface area (Å²) in [4.78, 5) is 21.5. The third-order valence-electron chi connectivity index (χ3n) is 1.01. The molecule has 0 atom stereocenters. The molecule has 0 bridgehead atoms. The SMILES string of the molecule is C=C(NC(=O)NC)C(=O)OCC. The molecular formula is C7H12N2O3. The molecule has 0 aliphatic rings. The summed E-state index contributed by atoms with van der Waals surface area (Å²) in [5, 5.41) is 4.47. The van der Waals surface area contributed by atoms with Crippen LogP contribution in [0.15, 0.2) is 12.3 Å². The van der Waals surface area contributed by atoms with E-state index in [0.717, 1.165) is 0 Å². The molecule has 5 heteroatoms. The van der Waals surface area contributed by atoms with E-state index in [-0.39, 0.29) is 12.3 Å². The Kier molecular flexibility index (Phi) is 4.52. The lowest BCUT2D eigenvalue weighted by atomic mass is 10.5. The van der Waals surface area contributed by atoms with Gasteiger partial charge in [0.15, 0.2) is 0 Å². The molecule has 5 nitrogen and oxygen atoms in total. The number of nitrogens with one attached hydrogen (secondary N) is 2. The lowest BCUT2D eigenvalue weighted by Gasteiger charge is -2.05. The predicted molar refractivity (Wildman–Crippen MR) is 43.4 cm³/mol. The van der Waals surface area contributed by atoms with Crippen LogP contribution in [0.3, 0.4) is 0 Å². The smallest absolute Gasteiger partial charge is 0.354 e. The minimum atomic E-state index is -0.624. The first-order valence-corrected chi connectivity index (χ1v) is 3.46. The average molecular weight is 172 g/mol. The van der Waals surface area contributed by atoms with Gasteiger partial charge in [-0.3, -0.25) is 0 Å². The minimum absolute atomic E-state index is 0.0730. The van der Waals surface area contributed by atoms with Gasteiger partial charge in [0.05, 0.1) is 6.61 Å². The molecule has 0 aromatic carbocycles. The molecule has 0 saturated carbocycles.